The first-order valence-corrected chi connectivity index (χ1v) is 7.93. The third-order valence-corrected chi connectivity index (χ3v) is 3.79. The van der Waals surface area contributed by atoms with Crippen LogP contribution in [0.1, 0.15) is 30.9 Å². The zero-order chi connectivity index (χ0) is 15.2. The van der Waals surface area contributed by atoms with Gasteiger partial charge in [-0.15, -0.1) is 0 Å². The van der Waals surface area contributed by atoms with Crippen molar-refractivity contribution in [3.8, 4) is 0 Å². The number of nitrogens with zero attached hydrogens (tertiary/aromatic N) is 1. The normalized spacial score (nSPS) is 12.6. The van der Waals surface area contributed by atoms with Crippen LogP contribution in [-0.4, -0.2) is 17.6 Å². The highest BCUT2D eigenvalue weighted by Gasteiger charge is 2.16. The molecule has 0 bridgehead atoms. The Bertz CT molecular complexity index is 587. The lowest BCUT2D eigenvalue weighted by Gasteiger charge is -2.20. The van der Waals surface area contributed by atoms with E-state index in [-0.39, 0.29) is 11.7 Å². The molecule has 0 saturated carbocycles. The van der Waals surface area contributed by atoms with Crippen molar-refractivity contribution in [1.29, 1.82) is 0 Å². The fourth-order valence-corrected chi connectivity index (χ4v) is 2.74. The fourth-order valence-electron chi connectivity index (χ4n) is 2.33. The Labute approximate surface area is 133 Å². The van der Waals surface area contributed by atoms with Crippen molar-refractivity contribution in [3.63, 3.8) is 0 Å². The van der Waals surface area contributed by atoms with Crippen LogP contribution in [-0.2, 0) is 6.42 Å². The summed E-state index contributed by atoms with van der Waals surface area (Å²) in [6, 6.07) is 9.42. The number of pyridine rings is 1. The molecule has 0 radical (unpaired) electrons. The van der Waals surface area contributed by atoms with E-state index in [9.17, 15) is 4.39 Å². The summed E-state index contributed by atoms with van der Waals surface area (Å²) in [7, 11) is 0. The summed E-state index contributed by atoms with van der Waals surface area (Å²) in [5.41, 5.74) is 1.86. The van der Waals surface area contributed by atoms with Gasteiger partial charge in [0.15, 0.2) is 0 Å². The SMILES string of the molecule is CC(C)NCC(Cc1cncc(Br)c1)c1ccccc1F. The summed E-state index contributed by atoms with van der Waals surface area (Å²) in [6.45, 7) is 4.93. The average molecular weight is 351 g/mol. The molecule has 1 aromatic heterocycles. The maximum Gasteiger partial charge on any atom is 0.126 e. The second-order valence-corrected chi connectivity index (χ2v) is 6.41. The number of rotatable bonds is 6. The molecule has 0 saturated heterocycles. The first-order chi connectivity index (χ1) is 10.1. The monoisotopic (exact) mass is 350 g/mol. The molecule has 0 aliphatic carbocycles. The van der Waals surface area contributed by atoms with Crippen molar-refractivity contribution in [2.75, 3.05) is 6.54 Å². The van der Waals surface area contributed by atoms with Crippen LogP contribution in [0.3, 0.4) is 0 Å². The van der Waals surface area contributed by atoms with Crippen LogP contribution in [0.4, 0.5) is 4.39 Å². The molecule has 112 valence electrons. The van der Waals surface area contributed by atoms with Crippen molar-refractivity contribution < 1.29 is 4.39 Å². The molecule has 0 amide bonds. The van der Waals surface area contributed by atoms with E-state index in [1.165, 1.54) is 6.07 Å². The Morgan fingerprint density at radius 1 is 1.24 bits per heavy atom. The van der Waals surface area contributed by atoms with Crippen molar-refractivity contribution in [3.05, 3.63) is 64.1 Å². The fraction of sp³-hybridized carbons (Fsp3) is 0.353. The van der Waals surface area contributed by atoms with Gasteiger partial charge in [0, 0.05) is 35.4 Å². The maximum atomic E-state index is 14.1. The van der Waals surface area contributed by atoms with Crippen LogP contribution in [0.25, 0.3) is 0 Å². The van der Waals surface area contributed by atoms with Gasteiger partial charge in [-0.25, -0.2) is 4.39 Å². The van der Waals surface area contributed by atoms with Gasteiger partial charge < -0.3 is 5.32 Å². The van der Waals surface area contributed by atoms with Crippen LogP contribution >= 0.6 is 15.9 Å². The highest BCUT2D eigenvalue weighted by molar-refractivity contribution is 9.10. The molecule has 2 nitrogen and oxygen atoms in total. The zero-order valence-electron chi connectivity index (χ0n) is 12.3. The van der Waals surface area contributed by atoms with E-state index in [0.29, 0.717) is 6.04 Å². The Hall–Kier alpha value is -1.26. The van der Waals surface area contributed by atoms with Gasteiger partial charge in [-0.3, -0.25) is 4.98 Å². The summed E-state index contributed by atoms with van der Waals surface area (Å²) in [5.74, 6) is -0.0549. The first-order valence-electron chi connectivity index (χ1n) is 7.13. The molecule has 4 heteroatoms. The third kappa shape index (κ3) is 4.90. The molecular weight excluding hydrogens is 331 g/mol. The van der Waals surface area contributed by atoms with Crippen molar-refractivity contribution >= 4 is 15.9 Å². The van der Waals surface area contributed by atoms with E-state index in [2.05, 4.69) is 40.1 Å². The Morgan fingerprint density at radius 3 is 2.67 bits per heavy atom. The summed E-state index contributed by atoms with van der Waals surface area (Å²) < 4.78 is 15.0. The molecule has 2 aromatic rings. The number of hydrogen-bond donors (Lipinski definition) is 1. The lowest BCUT2D eigenvalue weighted by molar-refractivity contribution is 0.505. The minimum absolute atomic E-state index is 0.0877. The molecule has 21 heavy (non-hydrogen) atoms. The quantitative estimate of drug-likeness (QED) is 0.839. The van der Waals surface area contributed by atoms with Crippen LogP contribution in [0.5, 0.6) is 0 Å². The molecule has 0 aliphatic rings. The van der Waals surface area contributed by atoms with Gasteiger partial charge in [-0.1, -0.05) is 32.0 Å². The van der Waals surface area contributed by atoms with Crippen LogP contribution < -0.4 is 5.32 Å². The van der Waals surface area contributed by atoms with Crippen molar-refractivity contribution in [1.82, 2.24) is 10.3 Å². The van der Waals surface area contributed by atoms with Crippen molar-refractivity contribution in [2.24, 2.45) is 0 Å². The van der Waals surface area contributed by atoms with E-state index < -0.39 is 0 Å². The molecule has 1 unspecified atom stereocenters. The lowest BCUT2D eigenvalue weighted by atomic mass is 9.92. The Balaban J connectivity index is 2.22. The number of hydrogen-bond acceptors (Lipinski definition) is 2. The van der Waals surface area contributed by atoms with E-state index in [4.69, 9.17) is 0 Å². The number of halogens is 2. The molecule has 1 aromatic carbocycles. The second-order valence-electron chi connectivity index (χ2n) is 5.50. The summed E-state index contributed by atoms with van der Waals surface area (Å²) >= 11 is 3.43. The summed E-state index contributed by atoms with van der Waals surface area (Å²) in [6.07, 6.45) is 4.36. The summed E-state index contributed by atoms with van der Waals surface area (Å²) in [4.78, 5) is 4.19. The molecular formula is C17H20BrFN2. The smallest absolute Gasteiger partial charge is 0.126 e. The molecule has 0 aliphatic heterocycles. The third-order valence-electron chi connectivity index (χ3n) is 3.36. The Kier molecular flexibility index (Phi) is 5.88. The van der Waals surface area contributed by atoms with Gasteiger partial charge in [0.05, 0.1) is 0 Å². The van der Waals surface area contributed by atoms with Gasteiger partial charge in [-0.2, -0.15) is 0 Å². The van der Waals surface area contributed by atoms with Gasteiger partial charge >= 0.3 is 0 Å². The van der Waals surface area contributed by atoms with E-state index >= 15 is 0 Å². The second kappa shape index (κ2) is 7.66. The van der Waals surface area contributed by atoms with E-state index in [0.717, 1.165) is 28.6 Å². The molecule has 1 atom stereocenters. The number of nitrogens with one attached hydrogen (secondary N) is 1. The van der Waals surface area contributed by atoms with Gasteiger partial charge in [0.25, 0.3) is 0 Å². The molecule has 2 rings (SSSR count). The van der Waals surface area contributed by atoms with Gasteiger partial charge in [0.2, 0.25) is 0 Å². The lowest BCUT2D eigenvalue weighted by Crippen LogP contribution is -2.29. The van der Waals surface area contributed by atoms with Gasteiger partial charge in [-0.05, 0) is 45.6 Å². The molecule has 0 fully saturated rings. The van der Waals surface area contributed by atoms with Crippen LogP contribution in [0.2, 0.25) is 0 Å². The molecule has 1 heterocycles. The van der Waals surface area contributed by atoms with Crippen molar-refractivity contribution in [2.45, 2.75) is 32.2 Å². The minimum atomic E-state index is -0.143. The van der Waals surface area contributed by atoms with E-state index in [1.54, 1.807) is 12.3 Å². The molecule has 0 spiro atoms. The largest absolute Gasteiger partial charge is 0.314 e. The van der Waals surface area contributed by atoms with Crippen LogP contribution in [0, 0.1) is 5.82 Å². The maximum absolute atomic E-state index is 14.1. The average Bonchev–Trinajstić information content (AvgIpc) is 2.44. The standard InChI is InChI=1S/C17H20BrFN2/c1-12(2)21-10-14(16-5-3-4-6-17(16)19)7-13-8-15(18)11-20-9-13/h3-6,8-9,11-12,14,21H,7,10H2,1-2H3. The topological polar surface area (TPSA) is 24.9 Å². The predicted molar refractivity (Wildman–Crippen MR) is 87.9 cm³/mol. The minimum Gasteiger partial charge on any atom is -0.314 e. The zero-order valence-corrected chi connectivity index (χ0v) is 13.9. The van der Waals surface area contributed by atoms with Crippen LogP contribution in [0.15, 0.2) is 47.2 Å². The first kappa shape index (κ1) is 16.1. The molecule has 1 N–H and O–H groups in total. The Morgan fingerprint density at radius 2 is 2.00 bits per heavy atom. The highest BCUT2D eigenvalue weighted by Crippen LogP contribution is 2.24. The number of aromatic nitrogens is 1. The number of benzene rings is 1. The summed E-state index contributed by atoms with van der Waals surface area (Å²) in [5, 5.41) is 3.41. The van der Waals surface area contributed by atoms with Gasteiger partial charge in [0.1, 0.15) is 5.82 Å². The highest BCUT2D eigenvalue weighted by atomic mass is 79.9. The van der Waals surface area contributed by atoms with E-state index in [1.807, 2.05) is 24.4 Å². The predicted octanol–water partition coefficient (Wildman–Crippen LogP) is 4.31.